The maximum atomic E-state index is 11.7. The number of thiophene rings is 1. The number of para-hydroxylation sites is 1. The highest BCUT2D eigenvalue weighted by molar-refractivity contribution is 7.17. The molecule has 3 nitrogen and oxygen atoms in total. The van der Waals surface area contributed by atoms with E-state index >= 15 is 0 Å². The van der Waals surface area contributed by atoms with E-state index in [0.717, 1.165) is 10.8 Å². The van der Waals surface area contributed by atoms with Crippen LogP contribution in [0.4, 0.5) is 0 Å². The molecule has 0 fully saturated rings. The molecule has 1 aromatic carbocycles. The molecule has 2 aromatic heterocycles. The molecule has 0 atom stereocenters. The summed E-state index contributed by atoms with van der Waals surface area (Å²) in [6.07, 6.45) is 0. The maximum absolute atomic E-state index is 11.7. The van der Waals surface area contributed by atoms with Crippen LogP contribution in [-0.2, 0) is 0 Å². The zero-order chi connectivity index (χ0) is 10.4. The van der Waals surface area contributed by atoms with Crippen molar-refractivity contribution in [3.63, 3.8) is 0 Å². The molecule has 4 heteroatoms. The molecule has 0 spiro atoms. The highest BCUT2D eigenvalue weighted by atomic mass is 32.1. The minimum absolute atomic E-state index is 0.348. The van der Waals surface area contributed by atoms with Gasteiger partial charge < -0.3 is 5.21 Å². The topological polar surface area (TPSA) is 42.2 Å². The predicted molar refractivity (Wildman–Crippen MR) is 60.8 cm³/mol. The van der Waals surface area contributed by atoms with E-state index in [4.69, 9.17) is 0 Å². The molecule has 0 saturated heterocycles. The zero-order valence-corrected chi connectivity index (χ0v) is 8.49. The van der Waals surface area contributed by atoms with Crippen LogP contribution in [0.1, 0.15) is 0 Å². The average molecular weight is 217 g/mol. The van der Waals surface area contributed by atoms with Crippen LogP contribution in [-0.4, -0.2) is 9.94 Å². The number of fused-ring (bicyclic) bond motifs is 3. The smallest absolute Gasteiger partial charge is 0.301 e. The third kappa shape index (κ3) is 1.02. The number of hydrogen-bond acceptors (Lipinski definition) is 3. The quantitative estimate of drug-likeness (QED) is 0.588. The Labute approximate surface area is 88.8 Å². The largest absolute Gasteiger partial charge is 0.425 e. The Morgan fingerprint density at radius 1 is 1.13 bits per heavy atom. The van der Waals surface area contributed by atoms with E-state index in [1.807, 2.05) is 23.6 Å². The average Bonchev–Trinajstić information content (AvgIpc) is 2.75. The van der Waals surface area contributed by atoms with E-state index < -0.39 is 0 Å². The van der Waals surface area contributed by atoms with Gasteiger partial charge in [-0.2, -0.15) is 0 Å². The Hall–Kier alpha value is -1.81. The van der Waals surface area contributed by atoms with Crippen LogP contribution in [0.3, 0.4) is 0 Å². The van der Waals surface area contributed by atoms with Crippen LogP contribution in [0.25, 0.3) is 21.0 Å². The summed E-state index contributed by atoms with van der Waals surface area (Å²) in [6, 6.07) is 9.23. The minimum atomic E-state index is -0.348. The summed E-state index contributed by atoms with van der Waals surface area (Å²) < 4.78 is 1.31. The lowest BCUT2D eigenvalue weighted by molar-refractivity contribution is 0.190. The van der Waals surface area contributed by atoms with Gasteiger partial charge in [-0.25, -0.2) is 0 Å². The zero-order valence-electron chi connectivity index (χ0n) is 7.68. The monoisotopic (exact) mass is 217 g/mol. The molecular formula is C11H7NO2S. The van der Waals surface area contributed by atoms with Crippen LogP contribution in [0.5, 0.6) is 0 Å². The van der Waals surface area contributed by atoms with Gasteiger partial charge in [-0.3, -0.25) is 4.79 Å². The van der Waals surface area contributed by atoms with E-state index in [2.05, 4.69) is 0 Å². The third-order valence-electron chi connectivity index (χ3n) is 2.47. The normalized spacial score (nSPS) is 11.2. The SMILES string of the molecule is O=c1c2sccc2c2ccccc2n1O. The van der Waals surface area contributed by atoms with Crippen molar-refractivity contribution < 1.29 is 5.21 Å². The molecule has 0 unspecified atom stereocenters. The van der Waals surface area contributed by atoms with Crippen molar-refractivity contribution in [3.05, 3.63) is 46.1 Å². The Balaban J connectivity index is 2.77. The van der Waals surface area contributed by atoms with Crippen LogP contribution >= 0.6 is 11.3 Å². The minimum Gasteiger partial charge on any atom is -0.425 e. The molecule has 0 aliphatic heterocycles. The first kappa shape index (κ1) is 8.49. The molecule has 3 rings (SSSR count). The Bertz CT molecular complexity index is 711. The number of benzene rings is 1. The fourth-order valence-electron chi connectivity index (χ4n) is 1.78. The number of rotatable bonds is 0. The lowest BCUT2D eigenvalue weighted by Gasteiger charge is -2.03. The summed E-state index contributed by atoms with van der Waals surface area (Å²) in [4.78, 5) is 11.7. The third-order valence-corrected chi connectivity index (χ3v) is 3.38. The van der Waals surface area contributed by atoms with Gasteiger partial charge >= 0.3 is 5.56 Å². The van der Waals surface area contributed by atoms with Crippen molar-refractivity contribution in [1.29, 1.82) is 0 Å². The maximum Gasteiger partial charge on any atom is 0.301 e. The highest BCUT2D eigenvalue weighted by Gasteiger charge is 2.09. The number of aromatic nitrogens is 1. The molecule has 0 radical (unpaired) electrons. The standard InChI is InChI=1S/C11H7NO2S/c13-11-10-8(5-6-15-10)7-3-1-2-4-9(7)12(11)14/h1-6,14H. The van der Waals surface area contributed by atoms with Crippen LogP contribution in [0.15, 0.2) is 40.5 Å². The Morgan fingerprint density at radius 2 is 1.93 bits per heavy atom. The van der Waals surface area contributed by atoms with Crippen molar-refractivity contribution in [2.45, 2.75) is 0 Å². The molecule has 15 heavy (non-hydrogen) atoms. The summed E-state index contributed by atoms with van der Waals surface area (Å²) in [5.41, 5.74) is 0.201. The Kier molecular flexibility index (Phi) is 1.61. The number of hydrogen-bond donors (Lipinski definition) is 1. The van der Waals surface area contributed by atoms with Crippen molar-refractivity contribution in [1.82, 2.24) is 4.73 Å². The summed E-state index contributed by atoms with van der Waals surface area (Å²) in [5, 5.41) is 13.4. The lowest BCUT2D eigenvalue weighted by Crippen LogP contribution is -2.16. The van der Waals surface area contributed by atoms with Crippen molar-refractivity contribution in [3.8, 4) is 0 Å². The van der Waals surface area contributed by atoms with E-state index in [1.165, 1.54) is 11.3 Å². The van der Waals surface area contributed by atoms with E-state index in [0.29, 0.717) is 14.9 Å². The van der Waals surface area contributed by atoms with Gasteiger partial charge in [0.1, 0.15) is 4.70 Å². The second-order valence-corrected chi connectivity index (χ2v) is 4.21. The second kappa shape index (κ2) is 2.84. The molecule has 0 aliphatic rings. The van der Waals surface area contributed by atoms with Gasteiger partial charge in [-0.1, -0.05) is 18.2 Å². The number of nitrogens with zero attached hydrogens (tertiary/aromatic N) is 1. The van der Waals surface area contributed by atoms with Gasteiger partial charge in [0.15, 0.2) is 0 Å². The second-order valence-electron chi connectivity index (χ2n) is 3.30. The van der Waals surface area contributed by atoms with E-state index in [1.54, 1.807) is 12.1 Å². The summed E-state index contributed by atoms with van der Waals surface area (Å²) >= 11 is 1.35. The van der Waals surface area contributed by atoms with Gasteiger partial charge in [-0.15, -0.1) is 16.1 Å². The summed E-state index contributed by atoms with van der Waals surface area (Å²) in [7, 11) is 0. The summed E-state index contributed by atoms with van der Waals surface area (Å²) in [5.74, 6) is 0. The first-order chi connectivity index (χ1) is 7.29. The predicted octanol–water partition coefficient (Wildman–Crippen LogP) is 2.45. The van der Waals surface area contributed by atoms with Crippen LogP contribution < -0.4 is 5.56 Å². The Morgan fingerprint density at radius 3 is 2.80 bits per heavy atom. The molecular weight excluding hydrogens is 210 g/mol. The molecule has 2 heterocycles. The van der Waals surface area contributed by atoms with Gasteiger partial charge in [0.05, 0.1) is 5.52 Å². The molecule has 74 valence electrons. The van der Waals surface area contributed by atoms with Crippen LogP contribution in [0.2, 0.25) is 0 Å². The first-order valence-electron chi connectivity index (χ1n) is 4.49. The van der Waals surface area contributed by atoms with Gasteiger partial charge in [0.2, 0.25) is 0 Å². The molecule has 0 saturated carbocycles. The first-order valence-corrected chi connectivity index (χ1v) is 5.37. The van der Waals surface area contributed by atoms with E-state index in [-0.39, 0.29) is 5.56 Å². The highest BCUT2D eigenvalue weighted by Crippen LogP contribution is 2.25. The molecule has 1 N–H and O–H groups in total. The summed E-state index contributed by atoms with van der Waals surface area (Å²) in [6.45, 7) is 0. The van der Waals surface area contributed by atoms with Crippen molar-refractivity contribution in [2.24, 2.45) is 0 Å². The van der Waals surface area contributed by atoms with Gasteiger partial charge in [0, 0.05) is 10.8 Å². The number of pyridine rings is 1. The lowest BCUT2D eigenvalue weighted by atomic mass is 10.1. The molecule has 0 amide bonds. The van der Waals surface area contributed by atoms with Crippen molar-refractivity contribution in [2.75, 3.05) is 0 Å². The molecule has 0 bridgehead atoms. The van der Waals surface area contributed by atoms with E-state index in [9.17, 15) is 10.0 Å². The van der Waals surface area contributed by atoms with Gasteiger partial charge in [0.25, 0.3) is 0 Å². The molecule has 0 aliphatic carbocycles. The fourth-order valence-corrected chi connectivity index (χ4v) is 2.61. The van der Waals surface area contributed by atoms with Crippen LogP contribution in [0, 0.1) is 0 Å². The van der Waals surface area contributed by atoms with Crippen molar-refractivity contribution >= 4 is 32.3 Å². The molecule has 3 aromatic rings. The van der Waals surface area contributed by atoms with Gasteiger partial charge in [-0.05, 0) is 17.5 Å². The fraction of sp³-hybridized carbons (Fsp3) is 0.